The number of nitrogens with one attached hydrogen (secondary N) is 1. The number of fused-ring (bicyclic) bond motifs is 1. The van der Waals surface area contributed by atoms with Gasteiger partial charge in [0.05, 0.1) is 0 Å². The minimum Gasteiger partial charge on any atom is -0.322 e. The summed E-state index contributed by atoms with van der Waals surface area (Å²) in [4.78, 5) is 37.2. The van der Waals surface area contributed by atoms with Crippen LogP contribution in [0.4, 0.5) is 0 Å². The van der Waals surface area contributed by atoms with Crippen LogP contribution in [0.15, 0.2) is 18.2 Å². The van der Waals surface area contributed by atoms with Gasteiger partial charge in [-0.1, -0.05) is 34.1 Å². The minimum atomic E-state index is -0.546. The zero-order valence-electron chi connectivity index (χ0n) is 10.7. The topological polar surface area (TPSA) is 66.5 Å². The van der Waals surface area contributed by atoms with Crippen molar-refractivity contribution in [1.29, 1.82) is 0 Å². The summed E-state index contributed by atoms with van der Waals surface area (Å²) in [6.07, 6.45) is 0.676. The van der Waals surface area contributed by atoms with Crippen LogP contribution < -0.4 is 5.32 Å². The van der Waals surface area contributed by atoms with Crippen molar-refractivity contribution >= 4 is 33.7 Å². The SMILES string of the molecule is O=C1CCC(N2Cc3cccc(CBr)c3C2=O)C(=O)N1. The van der Waals surface area contributed by atoms with E-state index in [1.165, 1.54) is 0 Å². The summed E-state index contributed by atoms with van der Waals surface area (Å²) in [7, 11) is 0. The molecule has 6 heteroatoms. The van der Waals surface area contributed by atoms with Crippen molar-refractivity contribution < 1.29 is 14.4 Å². The third-order valence-corrected chi connectivity index (χ3v) is 4.39. The van der Waals surface area contributed by atoms with Crippen molar-refractivity contribution in [3.05, 3.63) is 34.9 Å². The monoisotopic (exact) mass is 336 g/mol. The van der Waals surface area contributed by atoms with Crippen molar-refractivity contribution in [1.82, 2.24) is 10.2 Å². The fourth-order valence-corrected chi connectivity index (χ4v) is 3.27. The van der Waals surface area contributed by atoms with Crippen molar-refractivity contribution in [3.8, 4) is 0 Å². The van der Waals surface area contributed by atoms with E-state index in [0.29, 0.717) is 23.9 Å². The Labute approximate surface area is 124 Å². The maximum atomic E-state index is 12.5. The fourth-order valence-electron chi connectivity index (χ4n) is 2.80. The molecule has 1 unspecified atom stereocenters. The first kappa shape index (κ1) is 13.3. The molecule has 0 saturated carbocycles. The second-order valence-corrected chi connectivity index (χ2v) is 5.55. The summed E-state index contributed by atoms with van der Waals surface area (Å²) in [5, 5.41) is 2.90. The van der Waals surface area contributed by atoms with Crippen LogP contribution in [0.3, 0.4) is 0 Å². The van der Waals surface area contributed by atoms with Crippen molar-refractivity contribution in [2.45, 2.75) is 30.8 Å². The average Bonchev–Trinajstić information content (AvgIpc) is 2.76. The first-order valence-electron chi connectivity index (χ1n) is 6.43. The molecule has 0 aromatic heterocycles. The molecule has 3 amide bonds. The molecule has 20 heavy (non-hydrogen) atoms. The van der Waals surface area contributed by atoms with Crippen LogP contribution in [0, 0.1) is 0 Å². The molecule has 2 aliphatic rings. The molecule has 1 aromatic rings. The van der Waals surface area contributed by atoms with Gasteiger partial charge in [0.25, 0.3) is 5.91 Å². The normalized spacial score (nSPS) is 21.9. The van der Waals surface area contributed by atoms with Gasteiger partial charge in [-0.2, -0.15) is 0 Å². The van der Waals surface area contributed by atoms with Crippen molar-refractivity contribution in [3.63, 3.8) is 0 Å². The van der Waals surface area contributed by atoms with Crippen LogP contribution in [0.25, 0.3) is 0 Å². The quantitative estimate of drug-likeness (QED) is 0.654. The van der Waals surface area contributed by atoms with Gasteiger partial charge >= 0.3 is 0 Å². The van der Waals surface area contributed by atoms with E-state index in [0.717, 1.165) is 11.1 Å². The van der Waals surface area contributed by atoms with Gasteiger partial charge in [0.15, 0.2) is 0 Å². The Hall–Kier alpha value is -1.69. The van der Waals surface area contributed by atoms with Gasteiger partial charge in [-0.15, -0.1) is 0 Å². The van der Waals surface area contributed by atoms with Crippen molar-refractivity contribution in [2.24, 2.45) is 0 Å². The van der Waals surface area contributed by atoms with Crippen LogP contribution in [0.5, 0.6) is 0 Å². The molecule has 0 spiro atoms. The van der Waals surface area contributed by atoms with E-state index in [2.05, 4.69) is 21.2 Å². The number of carbonyl (C=O) groups is 3. The summed E-state index contributed by atoms with van der Waals surface area (Å²) < 4.78 is 0. The summed E-state index contributed by atoms with van der Waals surface area (Å²) in [6, 6.07) is 5.18. The van der Waals surface area contributed by atoms with Gasteiger partial charge in [0.1, 0.15) is 6.04 Å². The van der Waals surface area contributed by atoms with Gasteiger partial charge in [-0.05, 0) is 17.5 Å². The number of imide groups is 1. The number of nitrogens with zero attached hydrogens (tertiary/aromatic N) is 1. The molecule has 2 heterocycles. The number of carbonyl (C=O) groups excluding carboxylic acids is 3. The van der Waals surface area contributed by atoms with Gasteiger partial charge in [-0.25, -0.2) is 0 Å². The zero-order chi connectivity index (χ0) is 14.3. The maximum absolute atomic E-state index is 12.5. The third kappa shape index (κ3) is 2.04. The molecule has 3 rings (SSSR count). The number of alkyl halides is 1. The molecule has 5 nitrogen and oxygen atoms in total. The highest BCUT2D eigenvalue weighted by Gasteiger charge is 2.39. The second kappa shape index (κ2) is 5.01. The lowest BCUT2D eigenvalue weighted by atomic mass is 10.0. The lowest BCUT2D eigenvalue weighted by Crippen LogP contribution is -2.52. The van der Waals surface area contributed by atoms with E-state index in [1.807, 2.05) is 18.2 Å². The van der Waals surface area contributed by atoms with Crippen LogP contribution >= 0.6 is 15.9 Å². The molecule has 1 fully saturated rings. The number of rotatable bonds is 2. The predicted molar refractivity (Wildman–Crippen MR) is 75.1 cm³/mol. The summed E-state index contributed by atoms with van der Waals surface area (Å²) in [6.45, 7) is 0.432. The Morgan fingerprint density at radius 2 is 2.10 bits per heavy atom. The number of halogens is 1. The van der Waals surface area contributed by atoms with Crippen LogP contribution in [-0.2, 0) is 21.5 Å². The number of piperidine rings is 1. The first-order valence-corrected chi connectivity index (χ1v) is 7.55. The van der Waals surface area contributed by atoms with E-state index in [-0.39, 0.29) is 24.1 Å². The predicted octanol–water partition coefficient (Wildman–Crippen LogP) is 1.34. The molecular weight excluding hydrogens is 324 g/mol. The highest BCUT2D eigenvalue weighted by Crippen LogP contribution is 2.30. The summed E-state index contributed by atoms with van der Waals surface area (Å²) in [5.41, 5.74) is 2.56. The van der Waals surface area contributed by atoms with E-state index >= 15 is 0 Å². The van der Waals surface area contributed by atoms with Crippen LogP contribution in [0.1, 0.15) is 34.3 Å². The molecule has 1 atom stereocenters. The Morgan fingerprint density at radius 3 is 2.80 bits per heavy atom. The largest absolute Gasteiger partial charge is 0.322 e. The van der Waals surface area contributed by atoms with Gasteiger partial charge < -0.3 is 4.90 Å². The number of benzene rings is 1. The van der Waals surface area contributed by atoms with E-state index in [1.54, 1.807) is 4.90 Å². The standard InChI is InChI=1S/C14H13BrN2O3/c15-6-8-2-1-3-9-7-17(14(20)12(8)9)10-4-5-11(18)16-13(10)19/h1-3,10H,4-7H2,(H,16,18,19). The molecule has 0 aliphatic carbocycles. The van der Waals surface area contributed by atoms with Crippen LogP contribution in [0.2, 0.25) is 0 Å². The van der Waals surface area contributed by atoms with E-state index < -0.39 is 6.04 Å². The Kier molecular flexibility index (Phi) is 3.33. The Morgan fingerprint density at radius 1 is 1.30 bits per heavy atom. The zero-order valence-corrected chi connectivity index (χ0v) is 12.3. The smallest absolute Gasteiger partial charge is 0.255 e. The van der Waals surface area contributed by atoms with Crippen molar-refractivity contribution in [2.75, 3.05) is 0 Å². The lowest BCUT2D eigenvalue weighted by Gasteiger charge is -2.29. The van der Waals surface area contributed by atoms with E-state index in [4.69, 9.17) is 0 Å². The molecule has 1 N–H and O–H groups in total. The van der Waals surface area contributed by atoms with Gasteiger partial charge in [0, 0.05) is 23.9 Å². The molecular formula is C14H13BrN2O3. The molecule has 0 radical (unpaired) electrons. The molecule has 2 aliphatic heterocycles. The molecule has 1 aromatic carbocycles. The fraction of sp³-hybridized carbons (Fsp3) is 0.357. The van der Waals surface area contributed by atoms with Crippen LogP contribution in [-0.4, -0.2) is 28.7 Å². The minimum absolute atomic E-state index is 0.121. The average molecular weight is 337 g/mol. The summed E-state index contributed by atoms with van der Waals surface area (Å²) in [5.74, 6) is -0.760. The number of amides is 3. The number of hydrogen-bond donors (Lipinski definition) is 1. The Bertz CT molecular complexity index is 614. The molecule has 0 bridgehead atoms. The molecule has 1 saturated heterocycles. The van der Waals surface area contributed by atoms with Gasteiger partial charge in [0.2, 0.25) is 11.8 Å². The third-order valence-electron chi connectivity index (χ3n) is 3.78. The highest BCUT2D eigenvalue weighted by molar-refractivity contribution is 9.08. The van der Waals surface area contributed by atoms with E-state index in [9.17, 15) is 14.4 Å². The van der Waals surface area contributed by atoms with Gasteiger partial charge in [-0.3, -0.25) is 19.7 Å². The maximum Gasteiger partial charge on any atom is 0.255 e. The highest BCUT2D eigenvalue weighted by atomic mass is 79.9. The lowest BCUT2D eigenvalue weighted by molar-refractivity contribution is -0.136. The second-order valence-electron chi connectivity index (χ2n) is 4.98. The molecule has 104 valence electrons. The Balaban J connectivity index is 1.90. The number of hydrogen-bond acceptors (Lipinski definition) is 3. The first-order chi connectivity index (χ1) is 9.61. The summed E-state index contributed by atoms with van der Waals surface area (Å²) >= 11 is 3.38.